The Kier molecular flexibility index (Phi) is 7.02. The molecule has 5 nitrogen and oxygen atoms in total. The minimum atomic E-state index is -0.285. The van der Waals surface area contributed by atoms with E-state index in [1.54, 1.807) is 18.2 Å². The largest absolute Gasteiger partial charge is 0.496 e. The Hall–Kier alpha value is -1.75. The van der Waals surface area contributed by atoms with Crippen LogP contribution in [0.4, 0.5) is 0 Å². The molecule has 2 amide bonds. The first-order chi connectivity index (χ1) is 9.93. The fraction of sp³-hybridized carbons (Fsp3) is 0.467. The van der Waals surface area contributed by atoms with Gasteiger partial charge < -0.3 is 15.4 Å². The lowest BCUT2D eigenvalue weighted by atomic mass is 10.1. The van der Waals surface area contributed by atoms with Gasteiger partial charge in [-0.05, 0) is 24.1 Å². The molecular weight excluding hydrogens is 292 g/mol. The van der Waals surface area contributed by atoms with Gasteiger partial charge in [0.1, 0.15) is 5.75 Å². The third-order valence-corrected chi connectivity index (χ3v) is 2.97. The van der Waals surface area contributed by atoms with Crippen molar-refractivity contribution in [2.45, 2.75) is 20.3 Å². The average molecular weight is 313 g/mol. The molecule has 1 rings (SSSR count). The molecule has 1 aromatic rings. The van der Waals surface area contributed by atoms with Gasteiger partial charge in [0.25, 0.3) is 5.91 Å². The monoisotopic (exact) mass is 312 g/mol. The van der Waals surface area contributed by atoms with E-state index >= 15 is 0 Å². The van der Waals surface area contributed by atoms with E-state index in [2.05, 4.69) is 10.6 Å². The van der Waals surface area contributed by atoms with Crippen LogP contribution in [0.3, 0.4) is 0 Å². The van der Waals surface area contributed by atoms with Crippen LogP contribution < -0.4 is 15.4 Å². The van der Waals surface area contributed by atoms with Crippen molar-refractivity contribution < 1.29 is 14.3 Å². The molecule has 0 aliphatic rings. The zero-order valence-electron chi connectivity index (χ0n) is 12.5. The Balaban J connectivity index is 2.44. The van der Waals surface area contributed by atoms with Gasteiger partial charge >= 0.3 is 0 Å². The molecule has 0 bridgehead atoms. The Morgan fingerprint density at radius 1 is 1.24 bits per heavy atom. The van der Waals surface area contributed by atoms with Crippen molar-refractivity contribution in [1.82, 2.24) is 10.6 Å². The summed E-state index contributed by atoms with van der Waals surface area (Å²) in [6, 6.07) is 4.85. The molecule has 0 saturated carbocycles. The molecule has 0 radical (unpaired) electrons. The Morgan fingerprint density at radius 2 is 1.90 bits per heavy atom. The number of carbonyl (C=O) groups excluding carboxylic acids is 2. The number of methoxy groups -OCH3 is 1. The lowest BCUT2D eigenvalue weighted by Crippen LogP contribution is -2.35. The predicted molar refractivity (Wildman–Crippen MR) is 82.8 cm³/mol. The molecule has 0 aliphatic carbocycles. The van der Waals surface area contributed by atoms with Crippen molar-refractivity contribution in [3.8, 4) is 5.75 Å². The maximum atomic E-state index is 12.0. The van der Waals surface area contributed by atoms with Crippen molar-refractivity contribution >= 4 is 23.4 Å². The van der Waals surface area contributed by atoms with Crippen molar-refractivity contribution in [1.29, 1.82) is 0 Å². The molecule has 0 heterocycles. The molecule has 0 atom stereocenters. The van der Waals surface area contributed by atoms with Gasteiger partial charge in [0.2, 0.25) is 5.91 Å². The molecule has 0 aromatic heterocycles. The first-order valence-electron chi connectivity index (χ1n) is 6.82. The van der Waals surface area contributed by atoms with Gasteiger partial charge in [-0.15, -0.1) is 0 Å². The number of hydrogen-bond acceptors (Lipinski definition) is 3. The van der Waals surface area contributed by atoms with E-state index in [4.69, 9.17) is 16.3 Å². The normalized spacial score (nSPS) is 10.3. The summed E-state index contributed by atoms with van der Waals surface area (Å²) in [4.78, 5) is 23.5. The molecule has 0 fully saturated rings. The van der Waals surface area contributed by atoms with Gasteiger partial charge in [-0.25, -0.2) is 0 Å². The lowest BCUT2D eigenvalue weighted by Gasteiger charge is -2.11. The number of benzene rings is 1. The fourth-order valence-electron chi connectivity index (χ4n) is 1.77. The number of rotatable bonds is 7. The molecule has 0 spiro atoms. The molecule has 0 saturated heterocycles. The fourth-order valence-corrected chi connectivity index (χ4v) is 1.95. The van der Waals surface area contributed by atoms with Gasteiger partial charge in [-0.3, -0.25) is 9.59 Å². The first kappa shape index (κ1) is 17.3. The molecule has 6 heteroatoms. The van der Waals surface area contributed by atoms with Crippen LogP contribution in [0.5, 0.6) is 5.75 Å². The van der Waals surface area contributed by atoms with E-state index < -0.39 is 0 Å². The zero-order valence-corrected chi connectivity index (χ0v) is 13.3. The number of ether oxygens (including phenoxy) is 1. The number of carbonyl (C=O) groups is 2. The molecular formula is C15H21ClN2O3. The van der Waals surface area contributed by atoms with Crippen molar-refractivity contribution in [3.05, 3.63) is 28.8 Å². The summed E-state index contributed by atoms with van der Waals surface area (Å²) >= 11 is 5.88. The minimum Gasteiger partial charge on any atom is -0.496 e. The van der Waals surface area contributed by atoms with Crippen molar-refractivity contribution in [2.24, 2.45) is 5.92 Å². The van der Waals surface area contributed by atoms with E-state index in [1.807, 2.05) is 13.8 Å². The minimum absolute atomic E-state index is 0.0143. The van der Waals surface area contributed by atoms with Crippen molar-refractivity contribution in [3.63, 3.8) is 0 Å². The standard InChI is InChI=1S/C15H21ClN2O3/c1-10(2)8-14(19)17-6-7-18-15(20)12-9-11(16)4-5-13(12)21-3/h4-5,9-10H,6-8H2,1-3H3,(H,17,19)(H,18,20). The topological polar surface area (TPSA) is 67.4 Å². The predicted octanol–water partition coefficient (Wildman–Crippen LogP) is 2.24. The summed E-state index contributed by atoms with van der Waals surface area (Å²) in [5, 5.41) is 5.93. The molecule has 21 heavy (non-hydrogen) atoms. The molecule has 0 aliphatic heterocycles. The van der Waals surface area contributed by atoms with E-state index in [0.29, 0.717) is 41.8 Å². The van der Waals surface area contributed by atoms with Crippen LogP contribution in [0.25, 0.3) is 0 Å². The van der Waals surface area contributed by atoms with Gasteiger partial charge in [-0.2, -0.15) is 0 Å². The highest BCUT2D eigenvalue weighted by Crippen LogP contribution is 2.22. The lowest BCUT2D eigenvalue weighted by molar-refractivity contribution is -0.121. The summed E-state index contributed by atoms with van der Waals surface area (Å²) < 4.78 is 5.12. The van der Waals surface area contributed by atoms with E-state index in [-0.39, 0.29) is 11.8 Å². The number of halogens is 1. The summed E-state index contributed by atoms with van der Waals surface area (Å²) in [6.07, 6.45) is 0.482. The van der Waals surface area contributed by atoms with Crippen LogP contribution in [0.15, 0.2) is 18.2 Å². The highest BCUT2D eigenvalue weighted by atomic mass is 35.5. The maximum absolute atomic E-state index is 12.0. The number of nitrogens with one attached hydrogen (secondary N) is 2. The summed E-state index contributed by atoms with van der Waals surface area (Å²) in [5.41, 5.74) is 0.374. The second kappa shape index (κ2) is 8.52. The Bertz CT molecular complexity index is 504. The summed E-state index contributed by atoms with van der Waals surface area (Å²) in [5.74, 6) is 0.475. The van der Waals surface area contributed by atoms with E-state index in [1.165, 1.54) is 7.11 Å². The first-order valence-corrected chi connectivity index (χ1v) is 7.20. The van der Waals surface area contributed by atoms with Crippen LogP contribution in [0.1, 0.15) is 30.6 Å². The third kappa shape index (κ3) is 6.04. The Morgan fingerprint density at radius 3 is 2.52 bits per heavy atom. The smallest absolute Gasteiger partial charge is 0.255 e. The average Bonchev–Trinajstić information content (AvgIpc) is 2.42. The van der Waals surface area contributed by atoms with Gasteiger partial charge in [-0.1, -0.05) is 25.4 Å². The third-order valence-electron chi connectivity index (χ3n) is 2.73. The summed E-state index contributed by atoms with van der Waals surface area (Å²) in [6.45, 7) is 4.69. The molecule has 0 unspecified atom stereocenters. The van der Waals surface area contributed by atoms with Crippen LogP contribution in [-0.2, 0) is 4.79 Å². The number of hydrogen-bond donors (Lipinski definition) is 2. The van der Waals surface area contributed by atoms with Gasteiger partial charge in [0.15, 0.2) is 0 Å². The van der Waals surface area contributed by atoms with E-state index in [0.717, 1.165) is 0 Å². The Labute approximate surface area is 130 Å². The zero-order chi connectivity index (χ0) is 15.8. The van der Waals surface area contributed by atoms with Crippen molar-refractivity contribution in [2.75, 3.05) is 20.2 Å². The van der Waals surface area contributed by atoms with E-state index in [9.17, 15) is 9.59 Å². The number of amides is 2. The van der Waals surface area contributed by atoms with Crippen LogP contribution in [0.2, 0.25) is 5.02 Å². The molecule has 116 valence electrons. The maximum Gasteiger partial charge on any atom is 0.255 e. The van der Waals surface area contributed by atoms with Crippen LogP contribution in [-0.4, -0.2) is 32.0 Å². The van der Waals surface area contributed by atoms with Gasteiger partial charge in [0.05, 0.1) is 12.7 Å². The second-order valence-corrected chi connectivity index (χ2v) is 5.48. The highest BCUT2D eigenvalue weighted by Gasteiger charge is 2.12. The molecule has 2 N–H and O–H groups in total. The highest BCUT2D eigenvalue weighted by molar-refractivity contribution is 6.31. The second-order valence-electron chi connectivity index (χ2n) is 5.05. The van der Waals surface area contributed by atoms with Gasteiger partial charge in [0, 0.05) is 24.5 Å². The molecule has 1 aromatic carbocycles. The summed E-state index contributed by atoms with van der Waals surface area (Å²) in [7, 11) is 1.49. The SMILES string of the molecule is COc1ccc(Cl)cc1C(=O)NCCNC(=O)CC(C)C. The quantitative estimate of drug-likeness (QED) is 0.759. The van der Waals surface area contributed by atoms with Crippen LogP contribution in [0, 0.1) is 5.92 Å². The van der Waals surface area contributed by atoms with Crippen LogP contribution >= 0.6 is 11.6 Å².